The maximum atomic E-state index is 6.86. The normalized spacial score (nSPS) is 9.87. The molecule has 0 spiro atoms. The zero-order chi connectivity index (χ0) is 10.7. The minimum Gasteiger partial charge on any atom is -0.361 e. The van der Waals surface area contributed by atoms with E-state index in [9.17, 15) is 0 Å². The summed E-state index contributed by atoms with van der Waals surface area (Å²) in [5.41, 5.74) is 0. The van der Waals surface area contributed by atoms with Crippen molar-refractivity contribution in [1.29, 1.82) is 0 Å². The second kappa shape index (κ2) is 4.15. The van der Waals surface area contributed by atoms with Crippen molar-refractivity contribution in [3.05, 3.63) is 42.0 Å². The van der Waals surface area contributed by atoms with Crippen molar-refractivity contribution in [3.63, 3.8) is 0 Å². The van der Waals surface area contributed by atoms with Gasteiger partial charge in [-0.25, -0.2) is 4.98 Å². The topological polar surface area (TPSA) is 35.1 Å². The van der Waals surface area contributed by atoms with Crippen LogP contribution in [0.15, 0.2) is 40.8 Å². The van der Waals surface area contributed by atoms with E-state index in [-0.39, 0.29) is 0 Å². The summed E-state index contributed by atoms with van der Waals surface area (Å²) in [5.74, 6) is 0.411. The fourth-order valence-corrected chi connectivity index (χ4v) is 1.86. The summed E-state index contributed by atoms with van der Waals surface area (Å²) in [6.45, 7) is 6.86. The first kappa shape index (κ1) is 9.74. The Kier molecular flexibility index (Phi) is 2.70. The van der Waals surface area contributed by atoms with Gasteiger partial charge in [0.05, 0.1) is 0 Å². The second-order valence-corrected chi connectivity index (χ2v) is 3.86. The van der Waals surface area contributed by atoms with Crippen molar-refractivity contribution in [3.8, 4) is 0 Å². The molecule has 0 radical (unpaired) electrons. The monoisotopic (exact) mass is 216 g/mol. The van der Waals surface area contributed by atoms with E-state index < -0.39 is 0 Å². The van der Waals surface area contributed by atoms with E-state index in [1.807, 2.05) is 29.9 Å². The van der Waals surface area contributed by atoms with E-state index in [2.05, 4.69) is 14.8 Å². The summed E-state index contributed by atoms with van der Waals surface area (Å²) in [6, 6.07) is 5.38. The first-order chi connectivity index (χ1) is 7.29. The highest BCUT2D eigenvalue weighted by Gasteiger charge is 2.06. The van der Waals surface area contributed by atoms with Crippen molar-refractivity contribution < 1.29 is 0 Å². The zero-order valence-electron chi connectivity index (χ0n) is 8.08. The molecule has 2 aromatic rings. The van der Waals surface area contributed by atoms with E-state index in [1.165, 1.54) is 11.8 Å². The third-order valence-electron chi connectivity index (χ3n) is 1.80. The molecule has 0 bridgehead atoms. The van der Waals surface area contributed by atoms with Crippen molar-refractivity contribution in [2.24, 2.45) is 7.05 Å². The van der Waals surface area contributed by atoms with Crippen LogP contribution in [0.5, 0.6) is 0 Å². The summed E-state index contributed by atoms with van der Waals surface area (Å²) < 4.78 is 1.91. The van der Waals surface area contributed by atoms with Gasteiger partial charge >= 0.3 is 0 Å². The Bertz CT molecular complexity index is 512. The molecule has 0 N–H and O–H groups in total. The SMILES string of the molecule is [C-]#[N+]c1cccc(Sc2nccn2C)n1. The van der Waals surface area contributed by atoms with E-state index in [0.29, 0.717) is 5.82 Å². The molecule has 0 aliphatic heterocycles. The highest BCUT2D eigenvalue weighted by Crippen LogP contribution is 2.25. The molecule has 0 aliphatic carbocycles. The minimum absolute atomic E-state index is 0.411. The summed E-state index contributed by atoms with van der Waals surface area (Å²) >= 11 is 1.45. The van der Waals surface area contributed by atoms with Crippen LogP contribution in [0.25, 0.3) is 4.85 Å². The number of imidazole rings is 1. The molecule has 0 unspecified atom stereocenters. The first-order valence-corrected chi connectivity index (χ1v) is 5.11. The van der Waals surface area contributed by atoms with Gasteiger partial charge < -0.3 is 9.41 Å². The van der Waals surface area contributed by atoms with Crippen molar-refractivity contribution in [2.75, 3.05) is 0 Å². The van der Waals surface area contributed by atoms with Gasteiger partial charge in [-0.3, -0.25) is 0 Å². The molecular formula is C10H8N4S. The number of hydrogen-bond donors (Lipinski definition) is 0. The van der Waals surface area contributed by atoms with Crippen LogP contribution in [0.4, 0.5) is 5.82 Å². The van der Waals surface area contributed by atoms with Crippen LogP contribution in [0, 0.1) is 6.57 Å². The van der Waals surface area contributed by atoms with Gasteiger partial charge in [0, 0.05) is 19.4 Å². The maximum Gasteiger partial charge on any atom is 0.270 e. The number of pyridine rings is 1. The Morgan fingerprint density at radius 1 is 1.47 bits per heavy atom. The molecule has 4 nitrogen and oxygen atoms in total. The second-order valence-electron chi connectivity index (χ2n) is 2.87. The molecule has 15 heavy (non-hydrogen) atoms. The predicted molar refractivity (Wildman–Crippen MR) is 57.8 cm³/mol. The van der Waals surface area contributed by atoms with Gasteiger partial charge in [0.2, 0.25) is 0 Å². The van der Waals surface area contributed by atoms with Gasteiger partial charge in [0.25, 0.3) is 5.82 Å². The Hall–Kier alpha value is -1.80. The highest BCUT2D eigenvalue weighted by atomic mass is 32.2. The number of rotatable bonds is 2. The molecule has 74 valence electrons. The average molecular weight is 216 g/mol. The van der Waals surface area contributed by atoms with Gasteiger partial charge in [-0.05, 0) is 23.9 Å². The van der Waals surface area contributed by atoms with E-state index in [1.54, 1.807) is 12.3 Å². The molecule has 5 heteroatoms. The van der Waals surface area contributed by atoms with Crippen molar-refractivity contribution in [1.82, 2.24) is 14.5 Å². The summed E-state index contributed by atoms with van der Waals surface area (Å²) in [5, 5.41) is 1.66. The van der Waals surface area contributed by atoms with Crippen molar-refractivity contribution >= 4 is 17.6 Å². The van der Waals surface area contributed by atoms with Crippen LogP contribution in [-0.2, 0) is 7.05 Å². The summed E-state index contributed by atoms with van der Waals surface area (Å²) in [4.78, 5) is 11.6. The van der Waals surface area contributed by atoms with Crippen LogP contribution in [-0.4, -0.2) is 14.5 Å². The van der Waals surface area contributed by atoms with Gasteiger partial charge in [-0.2, -0.15) is 0 Å². The molecule has 0 amide bonds. The van der Waals surface area contributed by atoms with Crippen LogP contribution in [0.2, 0.25) is 0 Å². The lowest BCUT2D eigenvalue weighted by Crippen LogP contribution is -1.89. The minimum atomic E-state index is 0.411. The zero-order valence-corrected chi connectivity index (χ0v) is 8.90. The lowest BCUT2D eigenvalue weighted by atomic mass is 10.5. The summed E-state index contributed by atoms with van der Waals surface area (Å²) in [7, 11) is 1.92. The van der Waals surface area contributed by atoms with Gasteiger partial charge in [-0.15, -0.1) is 4.98 Å². The average Bonchev–Trinajstić information content (AvgIpc) is 2.65. The molecule has 0 aliphatic rings. The van der Waals surface area contributed by atoms with Gasteiger partial charge in [-0.1, -0.05) is 12.6 Å². The molecule has 0 fully saturated rings. The fourth-order valence-electron chi connectivity index (χ4n) is 1.07. The molecule has 0 saturated carbocycles. The molecular weight excluding hydrogens is 208 g/mol. The van der Waals surface area contributed by atoms with E-state index in [4.69, 9.17) is 6.57 Å². The lowest BCUT2D eigenvalue weighted by Gasteiger charge is -1.97. The Morgan fingerprint density at radius 3 is 3.00 bits per heavy atom. The first-order valence-electron chi connectivity index (χ1n) is 4.29. The molecule has 0 atom stereocenters. The maximum absolute atomic E-state index is 6.86. The third kappa shape index (κ3) is 2.17. The molecule has 0 aromatic carbocycles. The van der Waals surface area contributed by atoms with Crippen molar-refractivity contribution in [2.45, 2.75) is 10.2 Å². The van der Waals surface area contributed by atoms with Gasteiger partial charge in [0.1, 0.15) is 0 Å². The molecule has 2 rings (SSSR count). The molecule has 0 saturated heterocycles. The Balaban J connectivity index is 2.25. The number of hydrogen-bond acceptors (Lipinski definition) is 3. The highest BCUT2D eigenvalue weighted by molar-refractivity contribution is 7.99. The standard InChI is InChI=1S/C10H8N4S/c1-11-8-4-3-5-9(13-8)15-10-12-6-7-14(10)2/h3-7H,2H3. The van der Waals surface area contributed by atoms with Crippen LogP contribution in [0.3, 0.4) is 0 Å². The van der Waals surface area contributed by atoms with Crippen LogP contribution < -0.4 is 0 Å². The Morgan fingerprint density at radius 2 is 2.33 bits per heavy atom. The summed E-state index contributed by atoms with van der Waals surface area (Å²) in [6.07, 6.45) is 3.61. The van der Waals surface area contributed by atoms with Gasteiger partial charge in [0.15, 0.2) is 10.2 Å². The number of aryl methyl sites for hydroxylation is 1. The quantitative estimate of drug-likeness (QED) is 0.723. The largest absolute Gasteiger partial charge is 0.361 e. The van der Waals surface area contributed by atoms with E-state index in [0.717, 1.165) is 10.2 Å². The number of nitrogens with zero attached hydrogens (tertiary/aromatic N) is 4. The van der Waals surface area contributed by atoms with Crippen LogP contribution >= 0.6 is 11.8 Å². The Labute approximate surface area is 91.8 Å². The third-order valence-corrected chi connectivity index (χ3v) is 2.81. The number of aromatic nitrogens is 3. The molecule has 2 heterocycles. The van der Waals surface area contributed by atoms with Crippen LogP contribution in [0.1, 0.15) is 0 Å². The smallest absolute Gasteiger partial charge is 0.270 e. The fraction of sp³-hybridized carbons (Fsp3) is 0.100. The lowest BCUT2D eigenvalue weighted by molar-refractivity contribution is 0.789. The molecule has 2 aromatic heterocycles. The van der Waals surface area contributed by atoms with E-state index >= 15 is 0 Å². The predicted octanol–water partition coefficient (Wildman–Crippen LogP) is 2.52.